The molecule has 1 aromatic heterocycles. The highest BCUT2D eigenvalue weighted by Crippen LogP contribution is 2.26. The van der Waals surface area contributed by atoms with Crippen LogP contribution >= 0.6 is 11.8 Å². The van der Waals surface area contributed by atoms with Crippen LogP contribution < -0.4 is 5.56 Å². The summed E-state index contributed by atoms with van der Waals surface area (Å²) in [5.74, 6) is 0. The second-order valence-electron chi connectivity index (χ2n) is 7.39. The van der Waals surface area contributed by atoms with E-state index in [0.29, 0.717) is 29.0 Å². The van der Waals surface area contributed by atoms with Gasteiger partial charge < -0.3 is 4.74 Å². The molecule has 2 atom stereocenters. The Labute approximate surface area is 174 Å². The van der Waals surface area contributed by atoms with Crippen molar-refractivity contribution >= 4 is 22.7 Å². The predicted molar refractivity (Wildman–Crippen MR) is 115 cm³/mol. The first-order valence-electron chi connectivity index (χ1n) is 9.87. The van der Waals surface area contributed by atoms with Gasteiger partial charge in [-0.15, -0.1) is 0 Å². The first kappa shape index (κ1) is 19.7. The van der Waals surface area contributed by atoms with E-state index >= 15 is 0 Å². The number of nitriles is 1. The van der Waals surface area contributed by atoms with Gasteiger partial charge in [-0.2, -0.15) is 5.26 Å². The molecular weight excluding hydrogens is 382 g/mol. The van der Waals surface area contributed by atoms with E-state index in [1.54, 1.807) is 10.6 Å². The molecule has 0 unspecified atom stereocenters. The van der Waals surface area contributed by atoms with Crippen molar-refractivity contribution in [2.45, 2.75) is 49.2 Å². The number of aryl methyl sites for hydroxylation is 1. The van der Waals surface area contributed by atoms with Crippen molar-refractivity contribution in [3.63, 3.8) is 0 Å². The van der Waals surface area contributed by atoms with Crippen LogP contribution in [-0.4, -0.2) is 27.5 Å². The number of ether oxygens (including phenoxy) is 1. The molecule has 148 valence electrons. The zero-order chi connectivity index (χ0) is 20.2. The van der Waals surface area contributed by atoms with Crippen LogP contribution in [0.4, 0.5) is 0 Å². The lowest BCUT2D eigenvalue weighted by atomic mass is 10.1. The maximum absolute atomic E-state index is 13.2. The minimum atomic E-state index is -0.332. The predicted octanol–water partition coefficient (Wildman–Crippen LogP) is 4.11. The van der Waals surface area contributed by atoms with E-state index in [4.69, 9.17) is 9.72 Å². The Kier molecular flexibility index (Phi) is 5.98. The van der Waals surface area contributed by atoms with Crippen molar-refractivity contribution in [2.24, 2.45) is 0 Å². The fourth-order valence-electron chi connectivity index (χ4n) is 3.57. The van der Waals surface area contributed by atoms with Gasteiger partial charge >= 0.3 is 0 Å². The van der Waals surface area contributed by atoms with Crippen LogP contribution in [0, 0.1) is 18.3 Å². The Hall–Kier alpha value is -2.62. The number of aromatic nitrogens is 2. The Morgan fingerprint density at radius 2 is 2.07 bits per heavy atom. The molecule has 5 nitrogen and oxygen atoms in total. The number of nitrogens with zero attached hydrogens (tertiary/aromatic N) is 3. The summed E-state index contributed by atoms with van der Waals surface area (Å²) in [4.78, 5) is 17.9. The van der Waals surface area contributed by atoms with Gasteiger partial charge in [0, 0.05) is 6.61 Å². The third-order valence-electron chi connectivity index (χ3n) is 5.17. The highest BCUT2D eigenvalue weighted by molar-refractivity contribution is 8.00. The molecule has 4 rings (SSSR count). The quantitative estimate of drug-likeness (QED) is 0.456. The summed E-state index contributed by atoms with van der Waals surface area (Å²) in [6.45, 7) is 3.25. The van der Waals surface area contributed by atoms with Gasteiger partial charge in [0.25, 0.3) is 5.56 Å². The summed E-state index contributed by atoms with van der Waals surface area (Å²) in [5.41, 5.74) is 2.89. The molecule has 1 aliphatic heterocycles. The van der Waals surface area contributed by atoms with E-state index in [1.807, 2.05) is 37.3 Å². The number of benzene rings is 2. The Bertz CT molecular complexity index is 1100. The molecule has 0 spiro atoms. The normalized spacial score (nSPS) is 17.3. The molecule has 1 aliphatic rings. The number of fused-ring (bicyclic) bond motifs is 1. The Balaban J connectivity index is 1.67. The SMILES string of the molecule is Cc1ccc(C[C@H](C#N)Sc2nc3ccccc3c(=O)n2C[C@@H]2CCCO2)cc1. The van der Waals surface area contributed by atoms with Crippen LogP contribution in [0.25, 0.3) is 10.9 Å². The number of hydrogen-bond acceptors (Lipinski definition) is 5. The summed E-state index contributed by atoms with van der Waals surface area (Å²) in [7, 11) is 0. The van der Waals surface area contributed by atoms with E-state index < -0.39 is 0 Å². The lowest BCUT2D eigenvalue weighted by molar-refractivity contribution is 0.0937. The van der Waals surface area contributed by atoms with E-state index in [9.17, 15) is 10.1 Å². The molecule has 0 N–H and O–H groups in total. The minimum Gasteiger partial charge on any atom is -0.376 e. The molecule has 0 saturated carbocycles. The lowest BCUT2D eigenvalue weighted by Gasteiger charge is -2.18. The van der Waals surface area contributed by atoms with Crippen LogP contribution in [0.3, 0.4) is 0 Å². The molecule has 2 heterocycles. The summed E-state index contributed by atoms with van der Waals surface area (Å²) < 4.78 is 7.45. The summed E-state index contributed by atoms with van der Waals surface area (Å²) in [5, 5.41) is 10.6. The van der Waals surface area contributed by atoms with Crippen molar-refractivity contribution < 1.29 is 4.74 Å². The number of para-hydroxylation sites is 1. The van der Waals surface area contributed by atoms with Crippen LogP contribution in [0.5, 0.6) is 0 Å². The zero-order valence-corrected chi connectivity index (χ0v) is 17.2. The van der Waals surface area contributed by atoms with Gasteiger partial charge in [-0.05, 0) is 43.9 Å². The fourth-order valence-corrected chi connectivity index (χ4v) is 4.59. The van der Waals surface area contributed by atoms with Crippen LogP contribution in [-0.2, 0) is 17.7 Å². The summed E-state index contributed by atoms with van der Waals surface area (Å²) >= 11 is 1.36. The second kappa shape index (κ2) is 8.81. The van der Waals surface area contributed by atoms with Crippen molar-refractivity contribution in [1.29, 1.82) is 5.26 Å². The molecule has 6 heteroatoms. The van der Waals surface area contributed by atoms with E-state index in [0.717, 1.165) is 25.0 Å². The number of hydrogen-bond donors (Lipinski definition) is 0. The average molecular weight is 406 g/mol. The maximum atomic E-state index is 13.2. The molecular formula is C23H23N3O2S. The number of rotatable bonds is 6. The Morgan fingerprint density at radius 3 is 2.79 bits per heavy atom. The first-order valence-corrected chi connectivity index (χ1v) is 10.7. The van der Waals surface area contributed by atoms with Gasteiger partial charge in [-0.25, -0.2) is 4.98 Å². The van der Waals surface area contributed by atoms with E-state index in [1.165, 1.54) is 17.3 Å². The van der Waals surface area contributed by atoms with Gasteiger partial charge in [0.05, 0.1) is 29.6 Å². The minimum absolute atomic E-state index is 0.0210. The molecule has 1 fully saturated rings. The highest BCUT2D eigenvalue weighted by Gasteiger charge is 2.22. The molecule has 0 radical (unpaired) electrons. The molecule has 1 saturated heterocycles. The smallest absolute Gasteiger partial charge is 0.262 e. The maximum Gasteiger partial charge on any atom is 0.262 e. The molecule has 0 amide bonds. The average Bonchev–Trinajstić information content (AvgIpc) is 3.25. The van der Waals surface area contributed by atoms with Gasteiger partial charge in [-0.1, -0.05) is 53.7 Å². The largest absolute Gasteiger partial charge is 0.376 e. The third kappa shape index (κ3) is 4.52. The summed E-state index contributed by atoms with van der Waals surface area (Å²) in [6.07, 6.45) is 2.57. The van der Waals surface area contributed by atoms with Crippen molar-refractivity contribution in [2.75, 3.05) is 6.61 Å². The molecule has 2 aromatic carbocycles. The second-order valence-corrected chi connectivity index (χ2v) is 8.56. The standard InChI is InChI=1S/C23H23N3O2S/c1-16-8-10-17(11-9-16)13-19(14-24)29-23-25-21-7-3-2-6-20(21)22(27)26(23)15-18-5-4-12-28-18/h2-3,6-11,18-19H,4-5,12-13,15H2,1H3/t18-,19+/m0/s1. The molecule has 0 aliphatic carbocycles. The summed E-state index contributed by atoms with van der Waals surface area (Å²) in [6, 6.07) is 18.0. The van der Waals surface area contributed by atoms with Crippen LogP contribution in [0.15, 0.2) is 58.5 Å². The molecule has 0 bridgehead atoms. The van der Waals surface area contributed by atoms with Gasteiger partial charge in [0.2, 0.25) is 0 Å². The van der Waals surface area contributed by atoms with Gasteiger partial charge in [-0.3, -0.25) is 9.36 Å². The zero-order valence-electron chi connectivity index (χ0n) is 16.4. The topological polar surface area (TPSA) is 67.9 Å². The van der Waals surface area contributed by atoms with Gasteiger partial charge in [0.1, 0.15) is 5.25 Å². The Morgan fingerprint density at radius 1 is 1.28 bits per heavy atom. The van der Waals surface area contributed by atoms with E-state index in [-0.39, 0.29) is 16.9 Å². The monoisotopic (exact) mass is 405 g/mol. The molecule has 3 aromatic rings. The third-order valence-corrected chi connectivity index (χ3v) is 6.25. The number of thioether (sulfide) groups is 1. The lowest BCUT2D eigenvalue weighted by Crippen LogP contribution is -2.29. The first-order chi connectivity index (χ1) is 14.1. The molecule has 29 heavy (non-hydrogen) atoms. The highest BCUT2D eigenvalue weighted by atomic mass is 32.2. The van der Waals surface area contributed by atoms with Crippen LogP contribution in [0.1, 0.15) is 24.0 Å². The fraction of sp³-hybridized carbons (Fsp3) is 0.348. The van der Waals surface area contributed by atoms with E-state index in [2.05, 4.69) is 18.2 Å². The van der Waals surface area contributed by atoms with Crippen molar-refractivity contribution in [3.8, 4) is 6.07 Å². The van der Waals surface area contributed by atoms with Crippen molar-refractivity contribution in [1.82, 2.24) is 9.55 Å². The van der Waals surface area contributed by atoms with Crippen LogP contribution in [0.2, 0.25) is 0 Å². The van der Waals surface area contributed by atoms with Gasteiger partial charge in [0.15, 0.2) is 5.16 Å². The van der Waals surface area contributed by atoms with Crippen molar-refractivity contribution in [3.05, 3.63) is 70.0 Å².